The predicted molar refractivity (Wildman–Crippen MR) is 67.4 cm³/mol. The highest BCUT2D eigenvalue weighted by Crippen LogP contribution is 2.25. The summed E-state index contributed by atoms with van der Waals surface area (Å²) in [6.07, 6.45) is 0.929. The van der Waals surface area contributed by atoms with Crippen LogP contribution in [0.5, 0.6) is 0 Å². The molecule has 0 spiro atoms. The third-order valence-electron chi connectivity index (χ3n) is 2.19. The lowest BCUT2D eigenvalue weighted by Gasteiger charge is -2.25. The minimum atomic E-state index is -0.248. The molecule has 0 aromatic heterocycles. The standard InChI is InChI=1S/C11H24N2O.ClH/c1-9(2)8-11(3,4)10(14)13-7-6-12-5;/h9,12H,6-8H2,1-5H3,(H,13,14);1H. The lowest BCUT2D eigenvalue weighted by molar-refractivity contribution is -0.130. The number of halogens is 1. The van der Waals surface area contributed by atoms with Gasteiger partial charge in [0.1, 0.15) is 0 Å². The van der Waals surface area contributed by atoms with Gasteiger partial charge < -0.3 is 10.6 Å². The Morgan fingerprint density at radius 1 is 1.27 bits per heavy atom. The molecule has 1 amide bonds. The molecule has 4 heteroatoms. The summed E-state index contributed by atoms with van der Waals surface area (Å²) in [6, 6.07) is 0. The van der Waals surface area contributed by atoms with Crippen LogP contribution >= 0.6 is 12.4 Å². The molecule has 0 aromatic carbocycles. The largest absolute Gasteiger partial charge is 0.354 e. The highest BCUT2D eigenvalue weighted by Gasteiger charge is 2.27. The van der Waals surface area contributed by atoms with E-state index in [1.165, 1.54) is 0 Å². The molecule has 0 aliphatic rings. The normalized spacial score (nSPS) is 11.1. The van der Waals surface area contributed by atoms with Crippen LogP contribution in [0.15, 0.2) is 0 Å². The second kappa shape index (κ2) is 7.94. The van der Waals surface area contributed by atoms with Gasteiger partial charge in [0.25, 0.3) is 0 Å². The van der Waals surface area contributed by atoms with Gasteiger partial charge in [0.15, 0.2) is 0 Å². The van der Waals surface area contributed by atoms with E-state index in [4.69, 9.17) is 0 Å². The summed E-state index contributed by atoms with van der Waals surface area (Å²) in [5, 5.41) is 5.93. The van der Waals surface area contributed by atoms with E-state index in [1.54, 1.807) is 0 Å². The smallest absolute Gasteiger partial charge is 0.225 e. The molecule has 0 radical (unpaired) electrons. The maximum absolute atomic E-state index is 11.7. The highest BCUT2D eigenvalue weighted by atomic mass is 35.5. The first-order chi connectivity index (χ1) is 6.40. The van der Waals surface area contributed by atoms with Gasteiger partial charge in [-0.2, -0.15) is 0 Å². The fourth-order valence-corrected chi connectivity index (χ4v) is 1.65. The zero-order chi connectivity index (χ0) is 11.2. The summed E-state index contributed by atoms with van der Waals surface area (Å²) < 4.78 is 0. The predicted octanol–water partition coefficient (Wildman–Crippen LogP) is 1.82. The lowest BCUT2D eigenvalue weighted by Crippen LogP contribution is -2.40. The van der Waals surface area contributed by atoms with E-state index in [-0.39, 0.29) is 23.7 Å². The van der Waals surface area contributed by atoms with E-state index in [0.717, 1.165) is 13.0 Å². The number of amides is 1. The monoisotopic (exact) mass is 236 g/mol. The van der Waals surface area contributed by atoms with Gasteiger partial charge in [0, 0.05) is 18.5 Å². The van der Waals surface area contributed by atoms with E-state index >= 15 is 0 Å². The molecule has 0 atom stereocenters. The van der Waals surface area contributed by atoms with Crippen molar-refractivity contribution in [1.82, 2.24) is 10.6 Å². The van der Waals surface area contributed by atoms with Crippen LogP contribution in [0.25, 0.3) is 0 Å². The molecule has 0 saturated carbocycles. The summed E-state index contributed by atoms with van der Waals surface area (Å²) in [7, 11) is 1.88. The number of rotatable bonds is 6. The van der Waals surface area contributed by atoms with Crippen molar-refractivity contribution in [2.75, 3.05) is 20.1 Å². The summed E-state index contributed by atoms with van der Waals surface area (Å²) in [4.78, 5) is 11.7. The van der Waals surface area contributed by atoms with Gasteiger partial charge in [-0.1, -0.05) is 27.7 Å². The van der Waals surface area contributed by atoms with Gasteiger partial charge in [0.2, 0.25) is 5.91 Å². The molecule has 0 rings (SSSR count). The summed E-state index contributed by atoms with van der Waals surface area (Å²) >= 11 is 0. The van der Waals surface area contributed by atoms with Crippen molar-refractivity contribution in [3.63, 3.8) is 0 Å². The van der Waals surface area contributed by atoms with Crippen molar-refractivity contribution in [2.24, 2.45) is 11.3 Å². The second-order valence-electron chi connectivity index (χ2n) is 4.84. The molecule has 2 N–H and O–H groups in total. The zero-order valence-electron chi connectivity index (χ0n) is 10.5. The van der Waals surface area contributed by atoms with Crippen LogP contribution in [0.2, 0.25) is 0 Å². The van der Waals surface area contributed by atoms with Crippen molar-refractivity contribution in [2.45, 2.75) is 34.1 Å². The van der Waals surface area contributed by atoms with Gasteiger partial charge in [-0.25, -0.2) is 0 Å². The van der Waals surface area contributed by atoms with Crippen molar-refractivity contribution in [3.05, 3.63) is 0 Å². The van der Waals surface area contributed by atoms with E-state index in [0.29, 0.717) is 12.5 Å². The number of nitrogens with one attached hydrogen (secondary N) is 2. The summed E-state index contributed by atoms with van der Waals surface area (Å²) in [5.41, 5.74) is -0.248. The minimum absolute atomic E-state index is 0. The minimum Gasteiger partial charge on any atom is -0.354 e. The Bertz CT molecular complexity index is 181. The van der Waals surface area contributed by atoms with Crippen LogP contribution < -0.4 is 10.6 Å². The van der Waals surface area contributed by atoms with Crippen molar-refractivity contribution in [1.29, 1.82) is 0 Å². The first-order valence-corrected chi connectivity index (χ1v) is 5.33. The number of likely N-dealkylation sites (N-methyl/N-ethyl adjacent to an activating group) is 1. The maximum Gasteiger partial charge on any atom is 0.225 e. The van der Waals surface area contributed by atoms with Crippen LogP contribution in [0.3, 0.4) is 0 Å². The fraction of sp³-hybridized carbons (Fsp3) is 0.909. The van der Waals surface area contributed by atoms with Gasteiger partial charge in [-0.05, 0) is 19.4 Å². The lowest BCUT2D eigenvalue weighted by atomic mass is 9.83. The summed E-state index contributed by atoms with van der Waals surface area (Å²) in [5.74, 6) is 0.710. The van der Waals surface area contributed by atoms with Crippen LogP contribution in [-0.4, -0.2) is 26.0 Å². The highest BCUT2D eigenvalue weighted by molar-refractivity contribution is 5.85. The van der Waals surface area contributed by atoms with Crippen LogP contribution in [0.1, 0.15) is 34.1 Å². The second-order valence-corrected chi connectivity index (χ2v) is 4.84. The maximum atomic E-state index is 11.7. The zero-order valence-corrected chi connectivity index (χ0v) is 11.3. The Morgan fingerprint density at radius 2 is 1.80 bits per heavy atom. The van der Waals surface area contributed by atoms with Gasteiger partial charge in [-0.15, -0.1) is 12.4 Å². The molecular weight excluding hydrogens is 212 g/mol. The number of carbonyl (C=O) groups is 1. The van der Waals surface area contributed by atoms with Crippen LogP contribution in [-0.2, 0) is 4.79 Å². The number of carbonyl (C=O) groups excluding carboxylic acids is 1. The molecule has 0 aliphatic carbocycles. The van der Waals surface area contributed by atoms with E-state index in [9.17, 15) is 4.79 Å². The molecule has 3 nitrogen and oxygen atoms in total. The molecule has 0 aromatic rings. The number of hydrogen-bond acceptors (Lipinski definition) is 2. The Kier molecular flexibility index (Phi) is 9.07. The first kappa shape index (κ1) is 17.1. The van der Waals surface area contributed by atoms with E-state index in [1.807, 2.05) is 20.9 Å². The van der Waals surface area contributed by atoms with Gasteiger partial charge in [0.05, 0.1) is 0 Å². The average molecular weight is 237 g/mol. The first-order valence-electron chi connectivity index (χ1n) is 5.33. The molecule has 0 aliphatic heterocycles. The third kappa shape index (κ3) is 7.63. The van der Waals surface area contributed by atoms with Crippen molar-refractivity contribution in [3.8, 4) is 0 Å². The molecule has 0 bridgehead atoms. The molecule has 0 fully saturated rings. The molecule has 0 heterocycles. The average Bonchev–Trinajstić information content (AvgIpc) is 2.02. The van der Waals surface area contributed by atoms with Crippen LogP contribution in [0, 0.1) is 11.3 Å². The van der Waals surface area contributed by atoms with Crippen LogP contribution in [0.4, 0.5) is 0 Å². The number of hydrogen-bond donors (Lipinski definition) is 2. The Morgan fingerprint density at radius 3 is 2.20 bits per heavy atom. The van der Waals surface area contributed by atoms with E-state index in [2.05, 4.69) is 24.5 Å². The SMILES string of the molecule is CNCCNC(=O)C(C)(C)CC(C)C.Cl. The Hall–Kier alpha value is -0.280. The quantitative estimate of drug-likeness (QED) is 0.691. The Balaban J connectivity index is 0. The molecule has 0 unspecified atom stereocenters. The van der Waals surface area contributed by atoms with Crippen molar-refractivity contribution >= 4 is 18.3 Å². The van der Waals surface area contributed by atoms with Gasteiger partial charge in [-0.3, -0.25) is 4.79 Å². The third-order valence-corrected chi connectivity index (χ3v) is 2.19. The summed E-state index contributed by atoms with van der Waals surface area (Å²) in [6.45, 7) is 9.81. The molecule has 0 saturated heterocycles. The molecular formula is C11H25ClN2O. The topological polar surface area (TPSA) is 41.1 Å². The molecule has 15 heavy (non-hydrogen) atoms. The van der Waals surface area contributed by atoms with Crippen molar-refractivity contribution < 1.29 is 4.79 Å². The fourth-order valence-electron chi connectivity index (χ4n) is 1.65. The van der Waals surface area contributed by atoms with Gasteiger partial charge >= 0.3 is 0 Å². The van der Waals surface area contributed by atoms with E-state index < -0.39 is 0 Å². The Labute approximate surface area is 99.8 Å². The molecule has 92 valence electrons.